The van der Waals surface area contributed by atoms with Gasteiger partial charge in [-0.15, -0.1) is 0 Å². The summed E-state index contributed by atoms with van der Waals surface area (Å²) in [6, 6.07) is 15.0. The van der Waals surface area contributed by atoms with Gasteiger partial charge < -0.3 is 38.3 Å². The number of carboxylic acids is 1. The zero-order valence-electron chi connectivity index (χ0n) is 44.6. The normalized spacial score (nSPS) is 17.8. The molecule has 4 aliphatic rings. The molecule has 0 bridgehead atoms. The maximum atomic E-state index is 13.7. The van der Waals surface area contributed by atoms with E-state index in [1.165, 1.54) is 5.56 Å². The summed E-state index contributed by atoms with van der Waals surface area (Å²) in [6.07, 6.45) is 1.73. The van der Waals surface area contributed by atoms with E-state index >= 15 is 0 Å². The van der Waals surface area contributed by atoms with Crippen LogP contribution in [0, 0.1) is 18.8 Å². The van der Waals surface area contributed by atoms with Crippen molar-refractivity contribution in [1.82, 2.24) is 19.1 Å². The molecule has 4 aromatic heterocycles. The fourth-order valence-corrected chi connectivity index (χ4v) is 10.2. The van der Waals surface area contributed by atoms with Crippen LogP contribution in [0.25, 0.3) is 44.6 Å². The second-order valence-electron chi connectivity index (χ2n) is 21.0. The van der Waals surface area contributed by atoms with Crippen molar-refractivity contribution in [1.29, 1.82) is 0 Å². The second kappa shape index (κ2) is 20.0. The Morgan fingerprint density at radius 2 is 1.19 bits per heavy atom. The minimum Gasteiger partial charge on any atom is -0.481 e. The number of fused-ring (bicyclic) bond motifs is 10. The number of nitrogens with zero attached hydrogens (tertiary/aromatic N) is 4. The first-order valence-corrected chi connectivity index (χ1v) is 25.5. The molecule has 0 aliphatic carbocycles. The number of benzene rings is 2. The Bertz CT molecular complexity index is 3530. The van der Waals surface area contributed by atoms with Gasteiger partial charge in [-0.3, -0.25) is 19.2 Å². The lowest BCUT2D eigenvalue weighted by Crippen LogP contribution is -2.48. The Morgan fingerprint density at radius 3 is 1.67 bits per heavy atom. The van der Waals surface area contributed by atoms with Crippen LogP contribution >= 0.6 is 0 Å². The van der Waals surface area contributed by atoms with Crippen molar-refractivity contribution in [3.05, 3.63) is 125 Å². The summed E-state index contributed by atoms with van der Waals surface area (Å²) < 4.78 is 25.2. The number of hydrogen-bond donors (Lipinski definition) is 2. The highest BCUT2D eigenvalue weighted by molar-refractivity contribution is 5.97. The van der Waals surface area contributed by atoms with E-state index in [-0.39, 0.29) is 43.1 Å². The van der Waals surface area contributed by atoms with E-state index in [0.29, 0.717) is 69.9 Å². The maximum absolute atomic E-state index is 13.7. The summed E-state index contributed by atoms with van der Waals surface area (Å²) in [5, 5.41) is 21.0. The van der Waals surface area contributed by atoms with Crippen LogP contribution in [0.1, 0.15) is 149 Å². The van der Waals surface area contributed by atoms with E-state index in [0.717, 1.165) is 50.7 Å². The highest BCUT2D eigenvalue weighted by Gasteiger charge is 2.51. The lowest BCUT2D eigenvalue weighted by Gasteiger charge is -2.36. The quantitative estimate of drug-likeness (QED) is 0.107. The van der Waals surface area contributed by atoms with Gasteiger partial charge in [-0.25, -0.2) is 24.4 Å². The lowest BCUT2D eigenvalue weighted by atomic mass is 9.85. The van der Waals surface area contributed by atoms with E-state index in [1.807, 2.05) is 45.9 Å². The summed E-state index contributed by atoms with van der Waals surface area (Å²) in [5.41, 5.74) is 6.54. The first kappa shape index (κ1) is 53.8. The van der Waals surface area contributed by atoms with E-state index in [4.69, 9.17) is 34.0 Å². The summed E-state index contributed by atoms with van der Waals surface area (Å²) in [5.74, 6) is -3.71. The van der Waals surface area contributed by atoms with Gasteiger partial charge in [0.1, 0.15) is 18.8 Å². The van der Waals surface area contributed by atoms with Crippen molar-refractivity contribution in [2.75, 3.05) is 0 Å². The first-order valence-electron chi connectivity index (χ1n) is 25.5. The van der Waals surface area contributed by atoms with Gasteiger partial charge in [-0.1, -0.05) is 67.0 Å². The van der Waals surface area contributed by atoms with Crippen molar-refractivity contribution >= 4 is 51.7 Å². The van der Waals surface area contributed by atoms with Crippen LogP contribution in [0.2, 0.25) is 0 Å². The molecule has 0 saturated heterocycles. The number of aromatic nitrogens is 4. The zero-order chi connectivity index (χ0) is 54.8. The van der Waals surface area contributed by atoms with Gasteiger partial charge in [0, 0.05) is 33.0 Å². The molecule has 75 heavy (non-hydrogen) atoms. The predicted molar refractivity (Wildman–Crippen MR) is 279 cm³/mol. The number of aliphatic hydroxyl groups is 1. The molecule has 0 unspecified atom stereocenters. The minimum absolute atomic E-state index is 0.0907. The Hall–Kier alpha value is -7.53. The molecule has 2 atom stereocenters. The third kappa shape index (κ3) is 9.29. The molecule has 2 aromatic carbocycles. The van der Waals surface area contributed by atoms with Crippen molar-refractivity contribution in [3.8, 4) is 22.8 Å². The molecule has 8 heterocycles. The van der Waals surface area contributed by atoms with E-state index < -0.39 is 52.6 Å². The SMILES string of the molecule is CC(C)C(=O)O.CCc1c2c(nc3ccc(C(=O)OC(C)(C)C)cc13)-c1cc3c(c(=O)n1C2)COC(=O)[C@]3(O)CC.CCc1c2c(nc3ccc(C)cc13)-c1cc3c(c(=O)n1C2)COC(=O)[C@@]3(CC)OC(=O)C(C)C. The highest BCUT2D eigenvalue weighted by Crippen LogP contribution is 2.44. The van der Waals surface area contributed by atoms with Gasteiger partial charge in [0.2, 0.25) is 5.60 Å². The largest absolute Gasteiger partial charge is 0.481 e. The fraction of sp³-hybridized carbons (Fsp3) is 0.431. The molecule has 0 amide bonds. The number of carbonyl (C=O) groups is 5. The maximum Gasteiger partial charge on any atom is 0.355 e. The number of hydrogen-bond acceptors (Lipinski definition) is 14. The van der Waals surface area contributed by atoms with Crippen LogP contribution in [-0.4, -0.2) is 64.8 Å². The molecule has 17 heteroatoms. The van der Waals surface area contributed by atoms with E-state index in [2.05, 4.69) is 19.9 Å². The Balaban J connectivity index is 0.000000180. The van der Waals surface area contributed by atoms with E-state index in [9.17, 15) is 38.7 Å². The number of aryl methyl sites for hydroxylation is 3. The van der Waals surface area contributed by atoms with Crippen molar-refractivity contribution in [2.45, 2.75) is 152 Å². The molecule has 17 nitrogen and oxygen atoms in total. The van der Waals surface area contributed by atoms with Crippen LogP contribution in [0.3, 0.4) is 0 Å². The average molecular weight is 1030 g/mol. The Kier molecular flexibility index (Phi) is 14.3. The Labute approximate surface area is 433 Å². The van der Waals surface area contributed by atoms with Crippen LogP contribution in [-0.2, 0) is 88.5 Å². The average Bonchev–Trinajstić information content (AvgIpc) is 3.93. The van der Waals surface area contributed by atoms with Gasteiger partial charge in [-0.2, -0.15) is 0 Å². The standard InChI is InChI=1S/C27H28N2O6.C27H28N2O5.C4H8O2/c1-6-15-16-10-14(24(31)35-26(3,4)5)8-9-20(16)28-22-17(15)12-29-21(22)11-19-18(23(29)30)13-34-25(32)27(19,33)7-2;1-6-16-17-10-15(5)8-9-21(17)28-23-18(16)12-29-22(23)11-20-19(24(29)30)13-33-26(32)27(20,7-2)34-25(31)14(3)4;1-3(2)4(5)6/h8-11,33H,6-7,12-13H2,1-5H3;8-11,14H,6-7,12-13H2,1-5H3;3H,1-2H3,(H,5,6)/t2*27-;/m00./s1. The van der Waals surface area contributed by atoms with Gasteiger partial charge in [0.25, 0.3) is 11.1 Å². The molecule has 394 valence electrons. The smallest absolute Gasteiger partial charge is 0.355 e. The summed E-state index contributed by atoms with van der Waals surface area (Å²) in [6.45, 7) is 22.2. The number of esters is 4. The number of aliphatic carboxylic acids is 1. The number of rotatable bonds is 8. The molecule has 4 aliphatic heterocycles. The molecule has 0 saturated carbocycles. The molecule has 0 radical (unpaired) electrons. The molecule has 10 rings (SSSR count). The molecule has 6 aromatic rings. The van der Waals surface area contributed by atoms with Crippen LogP contribution in [0.5, 0.6) is 0 Å². The number of pyridine rings is 4. The van der Waals surface area contributed by atoms with Crippen molar-refractivity contribution < 1.29 is 53.1 Å². The second-order valence-corrected chi connectivity index (χ2v) is 21.0. The van der Waals surface area contributed by atoms with Crippen molar-refractivity contribution in [2.24, 2.45) is 11.8 Å². The van der Waals surface area contributed by atoms with Crippen LogP contribution < -0.4 is 11.1 Å². The third-order valence-corrected chi connectivity index (χ3v) is 14.3. The van der Waals surface area contributed by atoms with Crippen molar-refractivity contribution in [3.63, 3.8) is 0 Å². The molecule has 0 spiro atoms. The molecular weight excluding hydrogens is 961 g/mol. The molecular formula is C58H64N4O13. The highest BCUT2D eigenvalue weighted by atomic mass is 16.6. The molecule has 2 N–H and O–H groups in total. The number of cyclic esters (lactones) is 2. The predicted octanol–water partition coefficient (Wildman–Crippen LogP) is 8.48. The van der Waals surface area contributed by atoms with Crippen LogP contribution in [0.15, 0.2) is 58.1 Å². The number of ether oxygens (including phenoxy) is 4. The van der Waals surface area contributed by atoms with E-state index in [1.54, 1.807) is 74.9 Å². The monoisotopic (exact) mass is 1020 g/mol. The molecule has 0 fully saturated rings. The van der Waals surface area contributed by atoms with Gasteiger partial charge in [0.15, 0.2) is 5.60 Å². The summed E-state index contributed by atoms with van der Waals surface area (Å²) >= 11 is 0. The Morgan fingerprint density at radius 1 is 0.693 bits per heavy atom. The first-order chi connectivity index (χ1) is 35.3. The number of carboxylic acid groups (broad SMARTS) is 1. The minimum atomic E-state index is -1.86. The number of carbonyl (C=O) groups excluding carboxylic acids is 4. The summed E-state index contributed by atoms with van der Waals surface area (Å²) in [4.78, 5) is 97.2. The lowest BCUT2D eigenvalue weighted by molar-refractivity contribution is -0.191. The third-order valence-electron chi connectivity index (χ3n) is 14.3. The fourth-order valence-electron chi connectivity index (χ4n) is 10.2. The van der Waals surface area contributed by atoms with Crippen LogP contribution in [0.4, 0.5) is 0 Å². The summed E-state index contributed by atoms with van der Waals surface area (Å²) in [7, 11) is 0. The van der Waals surface area contributed by atoms with Gasteiger partial charge >= 0.3 is 29.8 Å². The van der Waals surface area contributed by atoms with Gasteiger partial charge in [-0.05, 0) is 107 Å². The van der Waals surface area contributed by atoms with Gasteiger partial charge in [0.05, 0.1) is 75.4 Å². The zero-order valence-corrected chi connectivity index (χ0v) is 44.6. The topological polar surface area (TPSA) is 233 Å².